The highest BCUT2D eigenvalue weighted by Gasteiger charge is 2.29. The number of pyridine rings is 1. The van der Waals surface area contributed by atoms with E-state index in [2.05, 4.69) is 42.7 Å². The van der Waals surface area contributed by atoms with Gasteiger partial charge in [-0.1, -0.05) is 0 Å². The first-order chi connectivity index (χ1) is 10.2. The molecule has 1 aliphatic carbocycles. The molecule has 5 nitrogen and oxygen atoms in total. The molecule has 1 saturated carbocycles. The summed E-state index contributed by atoms with van der Waals surface area (Å²) in [6.45, 7) is 4.25. The van der Waals surface area contributed by atoms with Crippen molar-refractivity contribution >= 4 is 27.0 Å². The smallest absolute Gasteiger partial charge is 0.241 e. The summed E-state index contributed by atoms with van der Waals surface area (Å²) in [6, 6.07) is 2.53. The molecule has 3 heterocycles. The summed E-state index contributed by atoms with van der Waals surface area (Å²) in [5.74, 6) is 1.27. The van der Waals surface area contributed by atoms with Crippen molar-refractivity contribution in [2.45, 2.75) is 38.3 Å². The Morgan fingerprint density at radius 2 is 2.29 bits per heavy atom. The second kappa shape index (κ2) is 5.25. The molecule has 0 unspecified atom stereocenters. The molecule has 0 radical (unpaired) electrons. The Balaban J connectivity index is 1.70. The minimum absolute atomic E-state index is 0.160. The summed E-state index contributed by atoms with van der Waals surface area (Å²) >= 11 is 3.47. The fourth-order valence-corrected chi connectivity index (χ4v) is 3.44. The molecule has 0 amide bonds. The number of halogens is 1. The highest BCUT2D eigenvalue weighted by molar-refractivity contribution is 9.10. The number of rotatable bonds is 4. The summed E-state index contributed by atoms with van der Waals surface area (Å²) in [5, 5.41) is 3.39. The molecule has 4 rings (SSSR count). The Labute approximate surface area is 132 Å². The van der Waals surface area contributed by atoms with Crippen LogP contribution in [0.3, 0.4) is 0 Å². The predicted molar refractivity (Wildman–Crippen MR) is 84.6 cm³/mol. The lowest BCUT2D eigenvalue weighted by molar-refractivity contribution is 0.156. The first kappa shape index (κ1) is 13.5. The Morgan fingerprint density at radius 3 is 3.00 bits per heavy atom. The first-order valence-electron chi connectivity index (χ1n) is 7.63. The van der Waals surface area contributed by atoms with E-state index >= 15 is 0 Å². The van der Waals surface area contributed by atoms with Gasteiger partial charge < -0.3 is 14.6 Å². The maximum atomic E-state index is 6.23. The van der Waals surface area contributed by atoms with Gasteiger partial charge in [-0.05, 0) is 54.7 Å². The van der Waals surface area contributed by atoms with Crippen LogP contribution in [0.1, 0.15) is 32.2 Å². The number of hydrogen-bond acceptors (Lipinski definition) is 4. The molecule has 2 atom stereocenters. The van der Waals surface area contributed by atoms with E-state index in [-0.39, 0.29) is 6.10 Å². The number of ether oxygens (including phenoxy) is 1. The molecule has 2 aliphatic rings. The van der Waals surface area contributed by atoms with E-state index in [0.29, 0.717) is 17.8 Å². The van der Waals surface area contributed by atoms with Gasteiger partial charge in [0.15, 0.2) is 0 Å². The minimum atomic E-state index is 0.160. The number of aromatic nitrogens is 3. The highest BCUT2D eigenvalue weighted by atomic mass is 79.9. The number of nitrogens with zero attached hydrogens (tertiary/aromatic N) is 3. The predicted octanol–water partition coefficient (Wildman–Crippen LogP) is 2.91. The quantitative estimate of drug-likeness (QED) is 0.861. The van der Waals surface area contributed by atoms with E-state index < -0.39 is 0 Å². The molecule has 112 valence electrons. The zero-order chi connectivity index (χ0) is 14.4. The molecule has 2 aromatic rings. The van der Waals surface area contributed by atoms with Crippen molar-refractivity contribution in [2.24, 2.45) is 5.92 Å². The van der Waals surface area contributed by atoms with Crippen LogP contribution in [0.25, 0.3) is 11.0 Å². The number of nitrogens with one attached hydrogen (secondary N) is 1. The molecule has 2 fully saturated rings. The van der Waals surface area contributed by atoms with Crippen molar-refractivity contribution < 1.29 is 4.74 Å². The van der Waals surface area contributed by atoms with Gasteiger partial charge in [0.05, 0.1) is 11.8 Å². The van der Waals surface area contributed by atoms with Gasteiger partial charge in [0.1, 0.15) is 16.2 Å². The molecule has 2 aromatic heterocycles. The lowest BCUT2D eigenvalue weighted by Crippen LogP contribution is -2.26. The van der Waals surface area contributed by atoms with Crippen LogP contribution in [0, 0.1) is 5.92 Å². The molecule has 21 heavy (non-hydrogen) atoms. The molecule has 0 spiro atoms. The van der Waals surface area contributed by atoms with E-state index in [1.54, 1.807) is 0 Å². The Kier molecular flexibility index (Phi) is 3.38. The fraction of sp³-hybridized carbons (Fsp3) is 0.600. The van der Waals surface area contributed by atoms with E-state index in [0.717, 1.165) is 28.7 Å². The van der Waals surface area contributed by atoms with Crippen molar-refractivity contribution in [3.8, 4) is 5.88 Å². The minimum Gasteiger partial charge on any atom is -0.473 e. The first-order valence-corrected chi connectivity index (χ1v) is 8.42. The zero-order valence-corrected chi connectivity index (χ0v) is 13.6. The normalized spacial score (nSPS) is 23.6. The van der Waals surface area contributed by atoms with Crippen LogP contribution in [0.2, 0.25) is 0 Å². The van der Waals surface area contributed by atoms with Crippen LogP contribution in [-0.2, 0) is 0 Å². The van der Waals surface area contributed by atoms with Gasteiger partial charge in [-0.15, -0.1) is 0 Å². The Bertz CT molecular complexity index is 661. The second-order valence-corrected chi connectivity index (χ2v) is 6.89. The van der Waals surface area contributed by atoms with E-state index in [1.807, 2.05) is 12.4 Å². The Hall–Kier alpha value is -1.14. The molecular formula is C15H19BrN4O. The lowest BCUT2D eigenvalue weighted by atomic mass is 10.0. The van der Waals surface area contributed by atoms with Crippen LogP contribution in [0.15, 0.2) is 17.0 Å². The van der Waals surface area contributed by atoms with Gasteiger partial charge in [-0.2, -0.15) is 0 Å². The van der Waals surface area contributed by atoms with Gasteiger partial charge in [0.2, 0.25) is 5.88 Å². The summed E-state index contributed by atoms with van der Waals surface area (Å²) in [4.78, 5) is 9.08. The van der Waals surface area contributed by atoms with Gasteiger partial charge in [0.25, 0.3) is 0 Å². The van der Waals surface area contributed by atoms with Crippen LogP contribution in [0.4, 0.5) is 0 Å². The maximum Gasteiger partial charge on any atom is 0.241 e. The highest BCUT2D eigenvalue weighted by Crippen LogP contribution is 2.40. The van der Waals surface area contributed by atoms with Crippen molar-refractivity contribution in [1.29, 1.82) is 0 Å². The molecule has 1 saturated heterocycles. The molecule has 1 aliphatic heterocycles. The summed E-state index contributed by atoms with van der Waals surface area (Å²) in [5.41, 5.74) is 1.99. The number of imidazole rings is 1. The molecular weight excluding hydrogens is 332 g/mol. The van der Waals surface area contributed by atoms with Crippen LogP contribution >= 0.6 is 15.9 Å². The number of fused-ring (bicyclic) bond motifs is 1. The van der Waals surface area contributed by atoms with Crippen molar-refractivity contribution in [2.75, 3.05) is 13.1 Å². The van der Waals surface area contributed by atoms with Gasteiger partial charge >= 0.3 is 0 Å². The Morgan fingerprint density at radius 1 is 1.43 bits per heavy atom. The van der Waals surface area contributed by atoms with Crippen LogP contribution in [-0.4, -0.2) is 33.7 Å². The van der Waals surface area contributed by atoms with Crippen molar-refractivity contribution in [3.63, 3.8) is 0 Å². The van der Waals surface area contributed by atoms with E-state index in [4.69, 9.17) is 4.74 Å². The summed E-state index contributed by atoms with van der Waals surface area (Å²) in [7, 11) is 0. The zero-order valence-electron chi connectivity index (χ0n) is 12.1. The largest absolute Gasteiger partial charge is 0.473 e. The fourth-order valence-electron chi connectivity index (χ4n) is 3.06. The average molecular weight is 351 g/mol. The third-order valence-electron chi connectivity index (χ3n) is 4.49. The van der Waals surface area contributed by atoms with E-state index in [9.17, 15) is 0 Å². The summed E-state index contributed by atoms with van der Waals surface area (Å²) in [6.07, 6.45) is 5.70. The average Bonchev–Trinajstić information content (AvgIpc) is 3.00. The maximum absolute atomic E-state index is 6.23. The summed E-state index contributed by atoms with van der Waals surface area (Å²) < 4.78 is 9.23. The number of hydrogen-bond donors (Lipinski definition) is 1. The van der Waals surface area contributed by atoms with Gasteiger partial charge in [-0.3, -0.25) is 0 Å². The van der Waals surface area contributed by atoms with E-state index in [1.165, 1.54) is 19.3 Å². The molecule has 1 N–H and O–H groups in total. The monoisotopic (exact) mass is 350 g/mol. The standard InChI is InChI=1S/C15H19BrN4O/c1-9(10-4-5-17-7-10)21-15-14-12(6-13(16)19-15)18-8-20(14)11-2-3-11/h6,8-11,17H,2-5,7H2,1H3/t9-,10-/m1/s1. The van der Waals surface area contributed by atoms with Crippen LogP contribution < -0.4 is 10.1 Å². The third-order valence-corrected chi connectivity index (χ3v) is 4.90. The molecule has 0 aromatic carbocycles. The van der Waals surface area contributed by atoms with Gasteiger partial charge in [0, 0.05) is 18.5 Å². The molecule has 0 bridgehead atoms. The lowest BCUT2D eigenvalue weighted by Gasteiger charge is -2.20. The van der Waals surface area contributed by atoms with Crippen LogP contribution in [0.5, 0.6) is 5.88 Å². The topological polar surface area (TPSA) is 52.0 Å². The second-order valence-electron chi connectivity index (χ2n) is 6.08. The van der Waals surface area contributed by atoms with Crippen molar-refractivity contribution in [1.82, 2.24) is 19.9 Å². The van der Waals surface area contributed by atoms with Crippen molar-refractivity contribution in [3.05, 3.63) is 17.0 Å². The SMILES string of the molecule is C[C@@H](Oc1nc(Br)cc2ncn(C3CC3)c12)[C@@H]1CCNC1. The molecule has 6 heteroatoms. The third kappa shape index (κ3) is 2.55. The van der Waals surface area contributed by atoms with Gasteiger partial charge in [-0.25, -0.2) is 9.97 Å².